The van der Waals surface area contributed by atoms with Gasteiger partial charge in [0.1, 0.15) is 0 Å². The van der Waals surface area contributed by atoms with Crippen LogP contribution in [0.3, 0.4) is 0 Å². The molecule has 2 N–H and O–H groups in total. The third-order valence-electron chi connectivity index (χ3n) is 2.45. The smallest absolute Gasteiger partial charge is 0.0991 e. The Morgan fingerprint density at radius 1 is 0.941 bits per heavy atom. The van der Waals surface area contributed by atoms with Crippen molar-refractivity contribution in [1.82, 2.24) is 0 Å². The van der Waals surface area contributed by atoms with E-state index in [4.69, 9.17) is 5.26 Å². The molecular formula is C14H13N3. The summed E-state index contributed by atoms with van der Waals surface area (Å²) in [5, 5.41) is 15.1. The Labute approximate surface area is 101 Å². The SMILES string of the molecule is CNc1cccc(Nc2ccc(C#N)cc2)c1. The molecule has 0 aliphatic rings. The van der Waals surface area contributed by atoms with Gasteiger partial charge >= 0.3 is 0 Å². The standard InChI is InChI=1S/C14H13N3/c1-16-13-3-2-4-14(9-13)17-12-7-5-11(10-15)6-8-12/h2-9,16-17H,1H3. The van der Waals surface area contributed by atoms with E-state index in [2.05, 4.69) is 16.7 Å². The molecule has 0 radical (unpaired) electrons. The van der Waals surface area contributed by atoms with E-state index in [9.17, 15) is 0 Å². The third-order valence-corrected chi connectivity index (χ3v) is 2.45. The molecule has 0 amide bonds. The van der Waals surface area contributed by atoms with Crippen LogP contribution in [-0.4, -0.2) is 7.05 Å². The first kappa shape index (κ1) is 11.0. The van der Waals surface area contributed by atoms with Gasteiger partial charge in [-0.3, -0.25) is 0 Å². The molecule has 0 saturated carbocycles. The predicted molar refractivity (Wildman–Crippen MR) is 70.4 cm³/mol. The van der Waals surface area contributed by atoms with Gasteiger partial charge in [-0.2, -0.15) is 5.26 Å². The van der Waals surface area contributed by atoms with Gasteiger partial charge in [-0.25, -0.2) is 0 Å². The molecule has 0 aromatic heterocycles. The van der Waals surface area contributed by atoms with Gasteiger partial charge < -0.3 is 10.6 Å². The van der Waals surface area contributed by atoms with E-state index in [1.165, 1.54) is 0 Å². The molecule has 0 bridgehead atoms. The monoisotopic (exact) mass is 223 g/mol. The molecule has 0 fully saturated rings. The molecule has 2 aromatic carbocycles. The van der Waals surface area contributed by atoms with E-state index in [0.717, 1.165) is 17.1 Å². The Balaban J connectivity index is 2.16. The van der Waals surface area contributed by atoms with Crippen LogP contribution in [0.25, 0.3) is 0 Å². The Kier molecular flexibility index (Phi) is 3.27. The molecule has 3 nitrogen and oxygen atoms in total. The number of hydrogen-bond acceptors (Lipinski definition) is 3. The fourth-order valence-electron chi connectivity index (χ4n) is 1.55. The fraction of sp³-hybridized carbons (Fsp3) is 0.0714. The second-order valence-electron chi connectivity index (χ2n) is 3.64. The minimum absolute atomic E-state index is 0.666. The van der Waals surface area contributed by atoms with Crippen LogP contribution in [0.15, 0.2) is 48.5 Å². The number of nitrogens with zero attached hydrogens (tertiary/aromatic N) is 1. The van der Waals surface area contributed by atoms with Crippen molar-refractivity contribution >= 4 is 17.1 Å². The first-order valence-corrected chi connectivity index (χ1v) is 5.37. The number of nitrogens with one attached hydrogen (secondary N) is 2. The minimum Gasteiger partial charge on any atom is -0.388 e. The highest BCUT2D eigenvalue weighted by Gasteiger charge is 1.96. The summed E-state index contributed by atoms with van der Waals surface area (Å²) in [7, 11) is 1.89. The molecule has 17 heavy (non-hydrogen) atoms. The van der Waals surface area contributed by atoms with E-state index in [-0.39, 0.29) is 0 Å². The van der Waals surface area contributed by atoms with Crippen molar-refractivity contribution in [3.8, 4) is 6.07 Å². The number of nitriles is 1. The molecule has 3 heteroatoms. The highest BCUT2D eigenvalue weighted by molar-refractivity contribution is 5.64. The molecule has 0 heterocycles. The highest BCUT2D eigenvalue weighted by atomic mass is 14.9. The zero-order valence-corrected chi connectivity index (χ0v) is 9.57. The molecule has 2 rings (SSSR count). The largest absolute Gasteiger partial charge is 0.388 e. The van der Waals surface area contributed by atoms with E-state index in [0.29, 0.717) is 5.56 Å². The van der Waals surface area contributed by atoms with Gasteiger partial charge in [0.05, 0.1) is 11.6 Å². The van der Waals surface area contributed by atoms with Crippen LogP contribution in [-0.2, 0) is 0 Å². The lowest BCUT2D eigenvalue weighted by molar-refractivity contribution is 1.47. The second-order valence-corrected chi connectivity index (χ2v) is 3.64. The van der Waals surface area contributed by atoms with Crippen LogP contribution in [0.2, 0.25) is 0 Å². The summed E-state index contributed by atoms with van der Waals surface area (Å²) in [6.45, 7) is 0. The zero-order valence-electron chi connectivity index (χ0n) is 9.57. The van der Waals surface area contributed by atoms with Gasteiger partial charge in [-0.05, 0) is 42.5 Å². The van der Waals surface area contributed by atoms with E-state index in [1.807, 2.05) is 43.4 Å². The van der Waals surface area contributed by atoms with Crippen molar-refractivity contribution in [2.24, 2.45) is 0 Å². The van der Waals surface area contributed by atoms with Crippen LogP contribution in [0.5, 0.6) is 0 Å². The molecule has 0 atom stereocenters. The normalized spacial score (nSPS) is 9.41. The number of anilines is 3. The van der Waals surface area contributed by atoms with Crippen LogP contribution < -0.4 is 10.6 Å². The average Bonchev–Trinajstić information content (AvgIpc) is 2.40. The topological polar surface area (TPSA) is 47.8 Å². The lowest BCUT2D eigenvalue weighted by Gasteiger charge is -2.08. The molecule has 0 spiro atoms. The number of rotatable bonds is 3. The predicted octanol–water partition coefficient (Wildman–Crippen LogP) is 3.34. The summed E-state index contributed by atoms with van der Waals surface area (Å²) in [5.74, 6) is 0. The van der Waals surface area contributed by atoms with Gasteiger partial charge in [0.15, 0.2) is 0 Å². The quantitative estimate of drug-likeness (QED) is 0.838. The van der Waals surface area contributed by atoms with Gasteiger partial charge in [-0.1, -0.05) is 6.07 Å². The van der Waals surface area contributed by atoms with Crippen LogP contribution in [0.4, 0.5) is 17.1 Å². The maximum Gasteiger partial charge on any atom is 0.0991 e. The Hall–Kier alpha value is -2.47. The van der Waals surface area contributed by atoms with Gasteiger partial charge in [-0.15, -0.1) is 0 Å². The summed E-state index contributed by atoms with van der Waals surface area (Å²) >= 11 is 0. The molecule has 84 valence electrons. The molecule has 0 aliphatic heterocycles. The van der Waals surface area contributed by atoms with Crippen LogP contribution in [0.1, 0.15) is 5.56 Å². The van der Waals surface area contributed by atoms with Crippen molar-refractivity contribution in [3.05, 3.63) is 54.1 Å². The van der Waals surface area contributed by atoms with Crippen molar-refractivity contribution in [3.63, 3.8) is 0 Å². The number of benzene rings is 2. The third kappa shape index (κ3) is 2.76. The molecule has 0 unspecified atom stereocenters. The van der Waals surface area contributed by atoms with Crippen LogP contribution in [0, 0.1) is 11.3 Å². The van der Waals surface area contributed by atoms with Gasteiger partial charge in [0, 0.05) is 24.1 Å². The van der Waals surface area contributed by atoms with Crippen molar-refractivity contribution in [2.45, 2.75) is 0 Å². The van der Waals surface area contributed by atoms with Crippen molar-refractivity contribution < 1.29 is 0 Å². The molecule has 0 saturated heterocycles. The molecular weight excluding hydrogens is 210 g/mol. The lowest BCUT2D eigenvalue weighted by Crippen LogP contribution is -1.92. The van der Waals surface area contributed by atoms with Gasteiger partial charge in [0.2, 0.25) is 0 Å². The Bertz CT molecular complexity index is 538. The lowest BCUT2D eigenvalue weighted by atomic mass is 10.2. The second kappa shape index (κ2) is 5.04. The van der Waals surface area contributed by atoms with Crippen molar-refractivity contribution in [1.29, 1.82) is 5.26 Å². The molecule has 2 aromatic rings. The summed E-state index contributed by atoms with van der Waals surface area (Å²) in [6.07, 6.45) is 0. The average molecular weight is 223 g/mol. The Morgan fingerprint density at radius 2 is 1.65 bits per heavy atom. The minimum atomic E-state index is 0.666. The zero-order chi connectivity index (χ0) is 12.1. The van der Waals surface area contributed by atoms with Crippen molar-refractivity contribution in [2.75, 3.05) is 17.7 Å². The summed E-state index contributed by atoms with van der Waals surface area (Å²) in [4.78, 5) is 0. The summed E-state index contributed by atoms with van der Waals surface area (Å²) < 4.78 is 0. The van der Waals surface area contributed by atoms with Gasteiger partial charge in [0.25, 0.3) is 0 Å². The fourth-order valence-corrected chi connectivity index (χ4v) is 1.55. The van der Waals surface area contributed by atoms with E-state index in [1.54, 1.807) is 12.1 Å². The summed E-state index contributed by atoms with van der Waals surface area (Å²) in [6, 6.07) is 17.5. The summed E-state index contributed by atoms with van der Waals surface area (Å²) in [5.41, 5.74) is 3.71. The Morgan fingerprint density at radius 3 is 2.29 bits per heavy atom. The maximum atomic E-state index is 8.71. The first-order valence-electron chi connectivity index (χ1n) is 5.37. The van der Waals surface area contributed by atoms with E-state index >= 15 is 0 Å². The molecule has 0 aliphatic carbocycles. The number of hydrogen-bond donors (Lipinski definition) is 2. The first-order chi connectivity index (χ1) is 8.31. The maximum absolute atomic E-state index is 8.71. The van der Waals surface area contributed by atoms with Crippen LogP contribution >= 0.6 is 0 Å². The van der Waals surface area contributed by atoms with E-state index < -0.39 is 0 Å². The highest BCUT2D eigenvalue weighted by Crippen LogP contribution is 2.19.